The number of benzene rings is 2. The number of nitrogens with zero attached hydrogens (tertiary/aromatic N) is 2. The van der Waals surface area contributed by atoms with Crippen LogP contribution < -0.4 is 23.7 Å². The van der Waals surface area contributed by atoms with Gasteiger partial charge in [0.15, 0.2) is 29.7 Å². The third kappa shape index (κ3) is 7.32. The lowest BCUT2D eigenvalue weighted by atomic mass is 10.1. The first-order chi connectivity index (χ1) is 16.5. The molecule has 35 heavy (non-hydrogen) atoms. The summed E-state index contributed by atoms with van der Waals surface area (Å²) in [7, 11) is 8.55. The summed E-state index contributed by atoms with van der Waals surface area (Å²) >= 11 is 0. The van der Waals surface area contributed by atoms with Crippen molar-refractivity contribution < 1.29 is 28.5 Å². The van der Waals surface area contributed by atoms with Gasteiger partial charge in [-0.25, -0.2) is 0 Å². The fraction of sp³-hybridized carbons (Fsp3) is 0.500. The molecule has 0 radical (unpaired) electrons. The molecule has 2 aromatic rings. The van der Waals surface area contributed by atoms with E-state index < -0.39 is 0 Å². The number of rotatable bonds is 13. The van der Waals surface area contributed by atoms with E-state index in [1.807, 2.05) is 12.1 Å². The second-order valence-corrected chi connectivity index (χ2v) is 8.35. The van der Waals surface area contributed by atoms with Crippen molar-refractivity contribution >= 4 is 18.3 Å². The summed E-state index contributed by atoms with van der Waals surface area (Å²) in [5, 5.41) is 0. The van der Waals surface area contributed by atoms with E-state index in [1.165, 1.54) is 5.56 Å². The number of unbranched alkanes of at least 4 members (excludes halogenated alkanes) is 1. The summed E-state index contributed by atoms with van der Waals surface area (Å²) in [6.45, 7) is 2.81. The van der Waals surface area contributed by atoms with Gasteiger partial charge in [0.25, 0.3) is 5.91 Å². The minimum absolute atomic E-state index is 0. The molecule has 2 aromatic carbocycles. The van der Waals surface area contributed by atoms with Gasteiger partial charge in [-0.3, -0.25) is 4.79 Å². The van der Waals surface area contributed by atoms with Gasteiger partial charge in [-0.1, -0.05) is 6.07 Å². The van der Waals surface area contributed by atoms with Gasteiger partial charge in [0.1, 0.15) is 5.75 Å². The highest BCUT2D eigenvalue weighted by Gasteiger charge is 2.27. The number of aryl methyl sites for hydroxylation is 1. The van der Waals surface area contributed by atoms with E-state index in [0.29, 0.717) is 29.4 Å². The summed E-state index contributed by atoms with van der Waals surface area (Å²) in [5.74, 6) is 3.09. The second-order valence-electron chi connectivity index (χ2n) is 8.35. The second kappa shape index (κ2) is 13.9. The number of halogens is 1. The molecular formula is C26H37ClN2O6. The zero-order chi connectivity index (χ0) is 24.5. The van der Waals surface area contributed by atoms with Gasteiger partial charge in [-0.15, -0.1) is 12.4 Å². The van der Waals surface area contributed by atoms with E-state index in [0.717, 1.165) is 50.3 Å². The Balaban J connectivity index is 0.00000432. The molecule has 1 amide bonds. The van der Waals surface area contributed by atoms with Crippen molar-refractivity contribution in [2.24, 2.45) is 0 Å². The number of ether oxygens (including phenoxy) is 5. The molecule has 0 aliphatic carbocycles. The van der Waals surface area contributed by atoms with Crippen molar-refractivity contribution in [3.05, 3.63) is 41.5 Å². The number of carbonyl (C=O) groups is 1. The summed E-state index contributed by atoms with van der Waals surface area (Å²) in [6, 6.07) is 9.49. The van der Waals surface area contributed by atoms with Crippen LogP contribution in [0.15, 0.2) is 30.3 Å². The van der Waals surface area contributed by atoms with Crippen LogP contribution in [0.4, 0.5) is 0 Å². The number of hydrogen-bond acceptors (Lipinski definition) is 7. The van der Waals surface area contributed by atoms with Gasteiger partial charge < -0.3 is 33.5 Å². The maximum atomic E-state index is 12.9. The molecule has 0 saturated carbocycles. The first-order valence-corrected chi connectivity index (χ1v) is 11.6. The van der Waals surface area contributed by atoms with Crippen LogP contribution in [0.2, 0.25) is 0 Å². The molecule has 0 fully saturated rings. The molecule has 9 heteroatoms. The SMILES string of the molecule is COc1ccc(CCCCN(C)CCCN2COc3cc(OC)c(OC)cc3C2=O)cc1OC.Cl. The average molecular weight is 509 g/mol. The monoisotopic (exact) mass is 508 g/mol. The van der Waals surface area contributed by atoms with Crippen molar-refractivity contribution in [1.82, 2.24) is 9.80 Å². The topological polar surface area (TPSA) is 69.7 Å². The normalized spacial score (nSPS) is 12.5. The van der Waals surface area contributed by atoms with E-state index in [2.05, 4.69) is 18.0 Å². The van der Waals surface area contributed by atoms with Crippen molar-refractivity contribution in [1.29, 1.82) is 0 Å². The van der Waals surface area contributed by atoms with Gasteiger partial charge in [0, 0.05) is 18.7 Å². The van der Waals surface area contributed by atoms with E-state index in [1.54, 1.807) is 45.5 Å². The third-order valence-electron chi connectivity index (χ3n) is 6.05. The van der Waals surface area contributed by atoms with Crippen LogP contribution in [0.25, 0.3) is 0 Å². The van der Waals surface area contributed by atoms with Crippen LogP contribution in [-0.2, 0) is 6.42 Å². The molecule has 194 valence electrons. The van der Waals surface area contributed by atoms with Crippen molar-refractivity contribution in [3.8, 4) is 28.7 Å². The quantitative estimate of drug-likeness (QED) is 0.374. The van der Waals surface area contributed by atoms with Gasteiger partial charge in [-0.05, 0) is 63.5 Å². The molecule has 0 saturated heterocycles. The summed E-state index contributed by atoms with van der Waals surface area (Å²) in [6.07, 6.45) is 4.08. The molecule has 0 bridgehead atoms. The molecule has 0 unspecified atom stereocenters. The van der Waals surface area contributed by atoms with Crippen LogP contribution >= 0.6 is 12.4 Å². The lowest BCUT2D eigenvalue weighted by molar-refractivity contribution is 0.0510. The Bertz CT molecular complexity index is 971. The zero-order valence-corrected chi connectivity index (χ0v) is 22.1. The van der Waals surface area contributed by atoms with Gasteiger partial charge in [0.05, 0.1) is 34.0 Å². The van der Waals surface area contributed by atoms with Crippen LogP contribution in [0.5, 0.6) is 28.7 Å². The van der Waals surface area contributed by atoms with Crippen LogP contribution in [0.3, 0.4) is 0 Å². The number of amides is 1. The third-order valence-corrected chi connectivity index (χ3v) is 6.05. The Kier molecular flexibility index (Phi) is 11.3. The molecule has 0 N–H and O–H groups in total. The Hall–Kier alpha value is -2.84. The van der Waals surface area contributed by atoms with E-state index in [4.69, 9.17) is 23.7 Å². The molecule has 0 aromatic heterocycles. The fourth-order valence-electron chi connectivity index (χ4n) is 4.08. The van der Waals surface area contributed by atoms with Crippen LogP contribution in [-0.4, -0.2) is 77.6 Å². The maximum Gasteiger partial charge on any atom is 0.260 e. The maximum absolute atomic E-state index is 12.9. The molecule has 1 aliphatic rings. The van der Waals surface area contributed by atoms with Crippen molar-refractivity contribution in [3.63, 3.8) is 0 Å². The first kappa shape index (κ1) is 28.4. The molecular weight excluding hydrogens is 472 g/mol. The first-order valence-electron chi connectivity index (χ1n) is 11.6. The predicted molar refractivity (Wildman–Crippen MR) is 138 cm³/mol. The Morgan fingerprint density at radius 1 is 0.857 bits per heavy atom. The van der Waals surface area contributed by atoms with Crippen molar-refractivity contribution in [2.45, 2.75) is 25.7 Å². The molecule has 1 heterocycles. The lowest BCUT2D eigenvalue weighted by Crippen LogP contribution is -2.40. The minimum atomic E-state index is -0.0419. The Labute approximate surface area is 214 Å². The number of carbonyl (C=O) groups excluding carboxylic acids is 1. The van der Waals surface area contributed by atoms with Crippen LogP contribution in [0.1, 0.15) is 35.2 Å². The van der Waals surface area contributed by atoms with E-state index >= 15 is 0 Å². The highest BCUT2D eigenvalue weighted by molar-refractivity contribution is 5.98. The average Bonchev–Trinajstić information content (AvgIpc) is 2.87. The largest absolute Gasteiger partial charge is 0.493 e. The minimum Gasteiger partial charge on any atom is -0.493 e. The smallest absolute Gasteiger partial charge is 0.260 e. The number of fused-ring (bicyclic) bond motifs is 1. The van der Waals surface area contributed by atoms with E-state index in [9.17, 15) is 4.79 Å². The van der Waals surface area contributed by atoms with E-state index in [-0.39, 0.29) is 25.0 Å². The summed E-state index contributed by atoms with van der Waals surface area (Å²) < 4.78 is 27.1. The fourth-order valence-corrected chi connectivity index (χ4v) is 4.08. The Morgan fingerprint density at radius 2 is 1.49 bits per heavy atom. The highest BCUT2D eigenvalue weighted by atomic mass is 35.5. The molecule has 0 spiro atoms. The molecule has 3 rings (SSSR count). The van der Waals surface area contributed by atoms with Gasteiger partial charge in [0.2, 0.25) is 0 Å². The highest BCUT2D eigenvalue weighted by Crippen LogP contribution is 2.37. The molecule has 0 atom stereocenters. The van der Waals surface area contributed by atoms with Crippen molar-refractivity contribution in [2.75, 3.05) is 61.9 Å². The zero-order valence-electron chi connectivity index (χ0n) is 21.3. The lowest BCUT2D eigenvalue weighted by Gasteiger charge is -2.30. The van der Waals surface area contributed by atoms with Crippen LogP contribution in [0, 0.1) is 0 Å². The van der Waals surface area contributed by atoms with Gasteiger partial charge in [-0.2, -0.15) is 0 Å². The Morgan fingerprint density at radius 3 is 2.17 bits per heavy atom. The molecule has 1 aliphatic heterocycles. The molecule has 8 nitrogen and oxygen atoms in total. The predicted octanol–water partition coefficient (Wildman–Crippen LogP) is 4.28. The standard InChI is InChI=1S/C26H36N2O6.ClH/c1-27(12-7-6-9-19-10-11-21(30-2)23(15-19)31-3)13-8-14-28-18-34-22-17-25(33-5)24(32-4)16-20(22)26(28)29;/h10-11,15-17H,6-9,12-14,18H2,1-5H3;1H. The summed E-state index contributed by atoms with van der Waals surface area (Å²) in [5.41, 5.74) is 1.76. The number of methoxy groups -OCH3 is 4. The van der Waals surface area contributed by atoms with Gasteiger partial charge >= 0.3 is 0 Å². The summed E-state index contributed by atoms with van der Waals surface area (Å²) in [4.78, 5) is 17.0. The number of hydrogen-bond donors (Lipinski definition) is 0.